The third-order valence-corrected chi connectivity index (χ3v) is 5.48. The van der Waals surface area contributed by atoms with Crippen molar-refractivity contribution < 1.29 is 14.6 Å². The Balaban J connectivity index is 2.62. The zero-order valence-electron chi connectivity index (χ0n) is 13.4. The van der Waals surface area contributed by atoms with Gasteiger partial charge in [-0.1, -0.05) is 20.8 Å². The highest BCUT2D eigenvalue weighted by Crippen LogP contribution is 2.56. The first-order chi connectivity index (χ1) is 9.27. The molecule has 1 saturated carbocycles. The predicted octanol–water partition coefficient (Wildman–Crippen LogP) is 3.45. The Morgan fingerprint density at radius 3 is 2.15 bits per heavy atom. The van der Waals surface area contributed by atoms with Gasteiger partial charge in [-0.15, -0.1) is 0 Å². The molecule has 20 heavy (non-hydrogen) atoms. The number of ether oxygens (including phenoxy) is 2. The van der Waals surface area contributed by atoms with Gasteiger partial charge >= 0.3 is 0 Å². The lowest BCUT2D eigenvalue weighted by Crippen LogP contribution is -2.40. The van der Waals surface area contributed by atoms with Crippen LogP contribution in [0.25, 0.3) is 0 Å². The normalized spacial score (nSPS) is 28.4. The van der Waals surface area contributed by atoms with E-state index in [0.29, 0.717) is 0 Å². The smallest absolute Gasteiger partial charge is 0.123 e. The molecule has 0 bridgehead atoms. The molecular weight excluding hydrogens is 252 g/mol. The van der Waals surface area contributed by atoms with E-state index in [9.17, 15) is 5.11 Å². The highest BCUT2D eigenvalue weighted by molar-refractivity contribution is 5.50. The van der Waals surface area contributed by atoms with Crippen LogP contribution in [0.1, 0.15) is 44.7 Å². The number of methoxy groups -OCH3 is 2. The fourth-order valence-electron chi connectivity index (χ4n) is 3.44. The summed E-state index contributed by atoms with van der Waals surface area (Å²) >= 11 is 0. The van der Waals surface area contributed by atoms with Crippen molar-refractivity contribution in [3.8, 4) is 11.5 Å². The lowest BCUT2D eigenvalue weighted by Gasteiger charge is -2.41. The van der Waals surface area contributed by atoms with E-state index < -0.39 is 0 Å². The molecule has 1 aromatic rings. The molecule has 1 N–H and O–H groups in total. The van der Waals surface area contributed by atoms with Crippen LogP contribution in [0.2, 0.25) is 0 Å². The van der Waals surface area contributed by atoms with Gasteiger partial charge in [0.2, 0.25) is 0 Å². The fraction of sp³-hybridized carbons (Fsp3) is 0.647. The lowest BCUT2D eigenvalue weighted by atomic mass is 9.64. The van der Waals surface area contributed by atoms with Crippen molar-refractivity contribution in [1.82, 2.24) is 0 Å². The van der Waals surface area contributed by atoms with Crippen LogP contribution in [0.15, 0.2) is 12.1 Å². The maximum absolute atomic E-state index is 10.3. The largest absolute Gasteiger partial charge is 0.496 e. The van der Waals surface area contributed by atoms with E-state index in [2.05, 4.69) is 26.8 Å². The van der Waals surface area contributed by atoms with Crippen molar-refractivity contribution >= 4 is 0 Å². The Hall–Kier alpha value is -1.22. The molecule has 0 heterocycles. The maximum Gasteiger partial charge on any atom is 0.123 e. The van der Waals surface area contributed by atoms with Gasteiger partial charge in [0, 0.05) is 16.4 Å². The molecule has 0 radical (unpaired) electrons. The Morgan fingerprint density at radius 1 is 1.10 bits per heavy atom. The van der Waals surface area contributed by atoms with Crippen molar-refractivity contribution in [2.24, 2.45) is 5.41 Å². The quantitative estimate of drug-likeness (QED) is 0.920. The Labute approximate surface area is 121 Å². The molecule has 2 rings (SSSR count). The molecule has 0 amide bonds. The minimum absolute atomic E-state index is 0.126. The second-order valence-electron chi connectivity index (χ2n) is 6.63. The first-order valence-electron chi connectivity index (χ1n) is 7.19. The molecular formula is C17H26O3. The van der Waals surface area contributed by atoms with Crippen LogP contribution in [-0.4, -0.2) is 25.4 Å². The molecule has 0 saturated heterocycles. The maximum atomic E-state index is 10.3. The van der Waals surface area contributed by atoms with Gasteiger partial charge in [0.15, 0.2) is 0 Å². The third-order valence-electron chi connectivity index (χ3n) is 5.48. The topological polar surface area (TPSA) is 38.7 Å². The summed E-state index contributed by atoms with van der Waals surface area (Å²) in [6.07, 6.45) is 1.48. The van der Waals surface area contributed by atoms with Crippen LogP contribution < -0.4 is 9.47 Å². The van der Waals surface area contributed by atoms with Crippen LogP contribution in [0.3, 0.4) is 0 Å². The van der Waals surface area contributed by atoms with Crippen molar-refractivity contribution in [2.75, 3.05) is 14.2 Å². The van der Waals surface area contributed by atoms with E-state index in [1.807, 2.05) is 13.0 Å². The van der Waals surface area contributed by atoms with E-state index in [-0.39, 0.29) is 16.9 Å². The van der Waals surface area contributed by atoms with Gasteiger partial charge in [-0.3, -0.25) is 0 Å². The average Bonchev–Trinajstić information content (AvgIpc) is 2.62. The van der Waals surface area contributed by atoms with Gasteiger partial charge in [0.05, 0.1) is 20.3 Å². The Kier molecular flexibility index (Phi) is 3.76. The second kappa shape index (κ2) is 4.96. The molecule has 1 fully saturated rings. The molecule has 3 heteroatoms. The van der Waals surface area contributed by atoms with Gasteiger partial charge in [0.1, 0.15) is 11.5 Å². The number of rotatable bonds is 3. The molecule has 0 aliphatic heterocycles. The van der Waals surface area contributed by atoms with Crippen molar-refractivity contribution in [3.63, 3.8) is 0 Å². The predicted molar refractivity (Wildman–Crippen MR) is 80.7 cm³/mol. The van der Waals surface area contributed by atoms with E-state index >= 15 is 0 Å². The molecule has 0 aromatic heterocycles. The number of aliphatic hydroxyl groups excluding tert-OH is 1. The molecule has 0 spiro atoms. The summed E-state index contributed by atoms with van der Waals surface area (Å²) in [6.45, 7) is 8.50. The average molecular weight is 278 g/mol. The summed E-state index contributed by atoms with van der Waals surface area (Å²) in [5, 5.41) is 10.3. The summed E-state index contributed by atoms with van der Waals surface area (Å²) < 4.78 is 11.1. The molecule has 1 aromatic carbocycles. The van der Waals surface area contributed by atoms with Gasteiger partial charge in [-0.05, 0) is 37.5 Å². The van der Waals surface area contributed by atoms with E-state index in [0.717, 1.165) is 35.5 Å². The second-order valence-corrected chi connectivity index (χ2v) is 6.63. The number of hydrogen-bond acceptors (Lipinski definition) is 3. The summed E-state index contributed by atoms with van der Waals surface area (Å²) in [5.74, 6) is 1.76. The molecule has 2 atom stereocenters. The molecule has 2 unspecified atom stereocenters. The monoisotopic (exact) mass is 278 g/mol. The fourth-order valence-corrected chi connectivity index (χ4v) is 3.44. The van der Waals surface area contributed by atoms with Crippen LogP contribution in [-0.2, 0) is 5.41 Å². The zero-order chi connectivity index (χ0) is 15.1. The van der Waals surface area contributed by atoms with Crippen molar-refractivity contribution in [3.05, 3.63) is 23.3 Å². The first kappa shape index (κ1) is 15.2. The van der Waals surface area contributed by atoms with Gasteiger partial charge < -0.3 is 14.6 Å². The van der Waals surface area contributed by atoms with E-state index in [4.69, 9.17) is 9.47 Å². The van der Waals surface area contributed by atoms with Crippen LogP contribution in [0.4, 0.5) is 0 Å². The highest BCUT2D eigenvalue weighted by atomic mass is 16.5. The minimum atomic E-state index is -0.287. The minimum Gasteiger partial charge on any atom is -0.496 e. The Morgan fingerprint density at radius 2 is 1.70 bits per heavy atom. The third kappa shape index (κ3) is 1.99. The summed E-state index contributed by atoms with van der Waals surface area (Å²) in [7, 11) is 3.39. The summed E-state index contributed by atoms with van der Waals surface area (Å²) in [6, 6.07) is 4.11. The number of aliphatic hydroxyl groups is 1. The number of benzene rings is 1. The van der Waals surface area contributed by atoms with Gasteiger partial charge in [0.25, 0.3) is 0 Å². The molecule has 3 nitrogen and oxygen atoms in total. The number of hydrogen-bond donors (Lipinski definition) is 1. The summed E-state index contributed by atoms with van der Waals surface area (Å²) in [5.41, 5.74) is 1.87. The van der Waals surface area contributed by atoms with E-state index in [1.54, 1.807) is 14.2 Å². The van der Waals surface area contributed by atoms with Crippen LogP contribution >= 0.6 is 0 Å². The lowest BCUT2D eigenvalue weighted by molar-refractivity contribution is 0.0442. The number of aryl methyl sites for hydroxylation is 1. The van der Waals surface area contributed by atoms with Crippen LogP contribution in [0.5, 0.6) is 11.5 Å². The SMILES string of the molecule is COc1cc(C2(C)CCC(O)C2(C)C)c(OC)cc1C. The standard InChI is InChI=1S/C17H26O3/c1-11-9-14(20-6)12(10-13(11)19-5)17(4)8-7-15(18)16(17,2)3/h9-10,15,18H,7-8H2,1-6H3. The van der Waals surface area contributed by atoms with Crippen LogP contribution in [0, 0.1) is 12.3 Å². The zero-order valence-corrected chi connectivity index (χ0v) is 13.4. The van der Waals surface area contributed by atoms with E-state index in [1.165, 1.54) is 0 Å². The molecule has 112 valence electrons. The highest BCUT2D eigenvalue weighted by Gasteiger charge is 2.53. The molecule has 1 aliphatic rings. The Bertz CT molecular complexity index is 507. The van der Waals surface area contributed by atoms with Gasteiger partial charge in [-0.25, -0.2) is 0 Å². The molecule has 1 aliphatic carbocycles. The van der Waals surface area contributed by atoms with Crippen molar-refractivity contribution in [2.45, 2.75) is 52.1 Å². The first-order valence-corrected chi connectivity index (χ1v) is 7.19. The van der Waals surface area contributed by atoms with Crippen molar-refractivity contribution in [1.29, 1.82) is 0 Å². The summed E-state index contributed by atoms with van der Waals surface area (Å²) in [4.78, 5) is 0. The van der Waals surface area contributed by atoms with Gasteiger partial charge in [-0.2, -0.15) is 0 Å².